The molecule has 0 radical (unpaired) electrons. The summed E-state index contributed by atoms with van der Waals surface area (Å²) >= 11 is 3.38. The van der Waals surface area contributed by atoms with Crippen molar-refractivity contribution in [2.24, 2.45) is 5.10 Å². The van der Waals surface area contributed by atoms with Crippen LogP contribution in [0.3, 0.4) is 0 Å². The predicted octanol–water partition coefficient (Wildman–Crippen LogP) is 3.27. The number of amides is 2. The molecule has 0 unspecified atom stereocenters. The van der Waals surface area contributed by atoms with Gasteiger partial charge >= 0.3 is 5.97 Å². The Balaban J connectivity index is 1.90. The van der Waals surface area contributed by atoms with Gasteiger partial charge in [-0.25, -0.2) is 10.2 Å². The number of methoxy groups -OCH3 is 1. The number of hydrogen-bond acceptors (Lipinski definition) is 7. The van der Waals surface area contributed by atoms with E-state index in [0.717, 1.165) is 0 Å². The van der Waals surface area contributed by atoms with Crippen molar-refractivity contribution in [2.75, 3.05) is 25.6 Å². The number of nitrogens with one attached hydrogen (secondary N) is 2. The Morgan fingerprint density at radius 2 is 1.78 bits per heavy atom. The van der Waals surface area contributed by atoms with Gasteiger partial charge in [0.05, 0.1) is 24.4 Å². The van der Waals surface area contributed by atoms with E-state index in [0.29, 0.717) is 33.8 Å². The molecule has 0 saturated carbocycles. The molecule has 0 fully saturated rings. The predicted molar refractivity (Wildman–Crippen MR) is 123 cm³/mol. The molecule has 0 bridgehead atoms. The zero-order valence-electron chi connectivity index (χ0n) is 17.7. The molecule has 32 heavy (non-hydrogen) atoms. The summed E-state index contributed by atoms with van der Waals surface area (Å²) in [6.45, 7) is 1.92. The maximum Gasteiger partial charge on any atom is 0.343 e. The largest absolute Gasteiger partial charge is 0.490 e. The summed E-state index contributed by atoms with van der Waals surface area (Å²) in [5, 5.41) is 6.63. The molecular formula is C22H24BrN3O6. The molecule has 2 aromatic rings. The number of carbonyl (C=O) groups excluding carboxylic acids is 3. The molecule has 0 heterocycles. The lowest BCUT2D eigenvalue weighted by molar-refractivity contribution is -0.143. The van der Waals surface area contributed by atoms with E-state index < -0.39 is 11.9 Å². The third kappa shape index (κ3) is 8.38. The maximum atomic E-state index is 12.0. The van der Waals surface area contributed by atoms with Crippen molar-refractivity contribution in [1.29, 1.82) is 0 Å². The lowest BCUT2D eigenvalue weighted by Gasteiger charge is -2.13. The van der Waals surface area contributed by atoms with E-state index in [4.69, 9.17) is 9.47 Å². The highest BCUT2D eigenvalue weighted by Gasteiger charge is 2.14. The normalized spacial score (nSPS) is 10.5. The Morgan fingerprint density at radius 1 is 1.06 bits per heavy atom. The van der Waals surface area contributed by atoms with Crippen LogP contribution in [0, 0.1) is 0 Å². The molecule has 10 heteroatoms. The zero-order chi connectivity index (χ0) is 23.3. The Labute approximate surface area is 194 Å². The summed E-state index contributed by atoms with van der Waals surface area (Å²) in [7, 11) is 1.27. The Bertz CT molecular complexity index is 966. The quantitative estimate of drug-likeness (QED) is 0.275. The molecule has 0 spiro atoms. The molecule has 170 valence electrons. The fourth-order valence-corrected chi connectivity index (χ4v) is 3.04. The average molecular weight is 506 g/mol. The molecule has 0 aromatic heterocycles. The van der Waals surface area contributed by atoms with Crippen LogP contribution in [0.15, 0.2) is 52.0 Å². The molecule has 9 nitrogen and oxygen atoms in total. The number of hydrogen-bond donors (Lipinski definition) is 2. The lowest BCUT2D eigenvalue weighted by Crippen LogP contribution is -2.20. The first-order chi connectivity index (χ1) is 15.4. The second-order valence-electron chi connectivity index (χ2n) is 6.34. The fraction of sp³-hybridized carbons (Fsp3) is 0.273. The number of nitrogens with zero attached hydrogens (tertiary/aromatic N) is 1. The summed E-state index contributed by atoms with van der Waals surface area (Å²) in [5.41, 5.74) is 3.68. The Hall–Kier alpha value is -3.40. The smallest absolute Gasteiger partial charge is 0.343 e. The Morgan fingerprint density at radius 3 is 2.47 bits per heavy atom. The van der Waals surface area contributed by atoms with Crippen molar-refractivity contribution in [3.8, 4) is 11.5 Å². The van der Waals surface area contributed by atoms with Crippen LogP contribution in [-0.2, 0) is 19.1 Å². The number of ether oxygens (including phenoxy) is 3. The van der Waals surface area contributed by atoms with Crippen molar-refractivity contribution < 1.29 is 28.6 Å². The highest BCUT2D eigenvalue weighted by molar-refractivity contribution is 9.10. The monoisotopic (exact) mass is 505 g/mol. The van der Waals surface area contributed by atoms with Gasteiger partial charge in [0, 0.05) is 18.5 Å². The molecule has 0 atom stereocenters. The topological polar surface area (TPSA) is 115 Å². The number of esters is 1. The minimum Gasteiger partial charge on any atom is -0.490 e. The van der Waals surface area contributed by atoms with Crippen LogP contribution in [0.25, 0.3) is 0 Å². The molecule has 0 aliphatic heterocycles. The van der Waals surface area contributed by atoms with Crippen LogP contribution in [0.1, 0.15) is 25.3 Å². The zero-order valence-corrected chi connectivity index (χ0v) is 19.3. The molecule has 0 saturated heterocycles. The van der Waals surface area contributed by atoms with Gasteiger partial charge in [-0.05, 0) is 52.7 Å². The van der Waals surface area contributed by atoms with Gasteiger partial charge in [0.2, 0.25) is 11.8 Å². The van der Waals surface area contributed by atoms with Gasteiger partial charge in [0.15, 0.2) is 18.1 Å². The molecule has 2 aromatic carbocycles. The highest BCUT2D eigenvalue weighted by Crippen LogP contribution is 2.36. The number of anilines is 1. The van der Waals surface area contributed by atoms with Crippen LogP contribution in [0.4, 0.5) is 5.69 Å². The first kappa shape index (κ1) is 24.9. The van der Waals surface area contributed by atoms with E-state index in [-0.39, 0.29) is 25.4 Å². The molecule has 0 aliphatic carbocycles. The molecule has 0 aliphatic rings. The summed E-state index contributed by atoms with van der Waals surface area (Å²) in [6.07, 6.45) is 1.45. The van der Waals surface area contributed by atoms with Crippen LogP contribution in [0.2, 0.25) is 0 Å². The third-order valence-corrected chi connectivity index (χ3v) is 4.52. The number of carbonyl (C=O) groups is 3. The van der Waals surface area contributed by atoms with Crippen molar-refractivity contribution in [3.63, 3.8) is 0 Å². The maximum absolute atomic E-state index is 12.0. The van der Waals surface area contributed by atoms with Gasteiger partial charge in [-0.15, -0.1) is 0 Å². The van der Waals surface area contributed by atoms with Gasteiger partial charge in [0.25, 0.3) is 0 Å². The fourth-order valence-electron chi connectivity index (χ4n) is 2.46. The van der Waals surface area contributed by atoms with Crippen LogP contribution in [0.5, 0.6) is 11.5 Å². The Kier molecular flexibility index (Phi) is 10.2. The van der Waals surface area contributed by atoms with E-state index in [9.17, 15) is 14.4 Å². The van der Waals surface area contributed by atoms with Crippen LogP contribution >= 0.6 is 15.9 Å². The molecule has 2 rings (SSSR count). The van der Waals surface area contributed by atoms with E-state index in [1.165, 1.54) is 13.3 Å². The second-order valence-corrected chi connectivity index (χ2v) is 7.19. The van der Waals surface area contributed by atoms with Crippen LogP contribution < -0.4 is 20.2 Å². The van der Waals surface area contributed by atoms with Gasteiger partial charge < -0.3 is 19.5 Å². The number of benzene rings is 2. The second kappa shape index (κ2) is 13.1. The van der Waals surface area contributed by atoms with E-state index in [1.54, 1.807) is 24.3 Å². The average Bonchev–Trinajstić information content (AvgIpc) is 2.78. The first-order valence-corrected chi connectivity index (χ1v) is 10.5. The standard InChI is InChI=1S/C22H24BrN3O6/c1-3-31-18-12-15(11-17(23)22(18)32-14-21(29)30-2)13-24-26-20(28)10-9-19(27)25-16-7-5-4-6-8-16/h4-8,11-13H,3,9-10,14H2,1-2H3,(H,25,27)(H,26,28). The molecule has 2 amide bonds. The SMILES string of the molecule is CCOc1cc(C=NNC(=O)CCC(=O)Nc2ccccc2)cc(Br)c1OCC(=O)OC. The third-order valence-electron chi connectivity index (χ3n) is 3.93. The number of hydrazone groups is 1. The number of rotatable bonds is 11. The van der Waals surface area contributed by atoms with Gasteiger partial charge in [-0.1, -0.05) is 18.2 Å². The highest BCUT2D eigenvalue weighted by atomic mass is 79.9. The van der Waals surface area contributed by atoms with Crippen LogP contribution in [-0.4, -0.2) is 44.3 Å². The summed E-state index contributed by atoms with van der Waals surface area (Å²) in [6, 6.07) is 12.3. The summed E-state index contributed by atoms with van der Waals surface area (Å²) in [4.78, 5) is 35.2. The van der Waals surface area contributed by atoms with Crippen molar-refractivity contribution in [2.45, 2.75) is 19.8 Å². The van der Waals surface area contributed by atoms with Crippen molar-refractivity contribution in [3.05, 3.63) is 52.5 Å². The number of halogens is 1. The van der Waals surface area contributed by atoms with Crippen molar-refractivity contribution >= 4 is 45.6 Å². The minimum absolute atomic E-state index is 0.00972. The van der Waals surface area contributed by atoms with Crippen molar-refractivity contribution in [1.82, 2.24) is 5.43 Å². The minimum atomic E-state index is -0.523. The summed E-state index contributed by atoms with van der Waals surface area (Å²) in [5.74, 6) is -0.432. The number of para-hydroxylation sites is 1. The van der Waals surface area contributed by atoms with Gasteiger partial charge in [0.1, 0.15) is 0 Å². The molecule has 2 N–H and O–H groups in total. The summed E-state index contributed by atoms with van der Waals surface area (Å²) < 4.78 is 16.1. The molecular weight excluding hydrogens is 482 g/mol. The lowest BCUT2D eigenvalue weighted by atomic mass is 10.2. The first-order valence-electron chi connectivity index (χ1n) is 9.75. The van der Waals surface area contributed by atoms with E-state index in [1.807, 2.05) is 25.1 Å². The van der Waals surface area contributed by atoms with E-state index >= 15 is 0 Å². The van der Waals surface area contributed by atoms with E-state index in [2.05, 4.69) is 36.5 Å². The van der Waals surface area contributed by atoms with Gasteiger partial charge in [-0.2, -0.15) is 5.10 Å². The van der Waals surface area contributed by atoms with Gasteiger partial charge in [-0.3, -0.25) is 9.59 Å².